The zero-order chi connectivity index (χ0) is 35.9. The van der Waals surface area contributed by atoms with Gasteiger partial charge in [-0.05, 0) is 94.1 Å². The molecular formula is C40H30Cl6N2O2. The average molecular weight is 783 g/mol. The highest BCUT2D eigenvalue weighted by molar-refractivity contribution is 6.53. The highest BCUT2D eigenvalue weighted by Crippen LogP contribution is 2.53. The predicted octanol–water partition coefficient (Wildman–Crippen LogP) is 12.4. The first-order valence-electron chi connectivity index (χ1n) is 15.4. The number of benzene rings is 5. The molecule has 0 saturated carbocycles. The second kappa shape index (κ2) is 14.6. The molecular weight excluding hydrogens is 753 g/mol. The molecule has 4 nitrogen and oxygen atoms in total. The van der Waals surface area contributed by atoms with E-state index in [4.69, 9.17) is 74.3 Å². The third kappa shape index (κ3) is 6.98. The molecule has 10 heteroatoms. The number of carbonyl (C=O) groups is 1. The summed E-state index contributed by atoms with van der Waals surface area (Å²) in [4.78, 5) is 18.0. The molecule has 0 N–H and O–H groups in total. The molecule has 0 unspecified atom stereocenters. The van der Waals surface area contributed by atoms with E-state index < -0.39 is 11.6 Å². The molecule has 1 aliphatic rings. The molecule has 0 aromatic heterocycles. The highest BCUT2D eigenvalue weighted by Gasteiger charge is 2.48. The van der Waals surface area contributed by atoms with Crippen LogP contribution in [-0.2, 0) is 10.3 Å². The van der Waals surface area contributed by atoms with E-state index in [0.29, 0.717) is 10.0 Å². The van der Waals surface area contributed by atoms with E-state index in [9.17, 15) is 4.79 Å². The zero-order valence-corrected chi connectivity index (χ0v) is 31.9. The first kappa shape index (κ1) is 36.2. The van der Waals surface area contributed by atoms with Gasteiger partial charge in [0, 0.05) is 55.2 Å². The lowest BCUT2D eigenvalue weighted by Crippen LogP contribution is -2.23. The number of hydrogen-bond donors (Lipinski definition) is 0. The van der Waals surface area contributed by atoms with Gasteiger partial charge in [0.25, 0.3) is 0 Å². The summed E-state index contributed by atoms with van der Waals surface area (Å²) in [7, 11) is 7.90. The number of cyclic esters (lactones) is 1. The van der Waals surface area contributed by atoms with Crippen molar-refractivity contribution in [3.63, 3.8) is 0 Å². The second-order valence-corrected chi connectivity index (χ2v) is 14.6. The quantitative estimate of drug-likeness (QED) is 0.0891. The first-order valence-corrected chi connectivity index (χ1v) is 17.7. The molecule has 5 aromatic rings. The molecule has 1 aliphatic heterocycles. The summed E-state index contributed by atoms with van der Waals surface area (Å²) in [5, 5.41) is 1.12. The lowest BCUT2D eigenvalue weighted by Gasteiger charge is -2.27. The van der Waals surface area contributed by atoms with Crippen LogP contribution in [0.15, 0.2) is 109 Å². The number of rotatable bonds is 8. The standard InChI is InChI=1S/C40H30Cl6N2O2/c1-47(2)29-17-9-25(10-18-29)31(23-5-13-27(41)14-6-23)21-40(34-33(39(49)50-40)35(43)37(45)38(46)36(34)44)22-32(24-7-15-28(42)16-8-24)26-11-19-30(20-12-26)48(3)4/h5-22H,1-4H3. The Hall–Kier alpha value is -3.61. The molecule has 0 amide bonds. The van der Waals surface area contributed by atoms with Crippen LogP contribution >= 0.6 is 69.6 Å². The van der Waals surface area contributed by atoms with E-state index in [2.05, 4.69) is 0 Å². The van der Waals surface area contributed by atoms with E-state index >= 15 is 0 Å². The number of nitrogens with zero attached hydrogens (tertiary/aromatic N) is 2. The molecule has 1 heterocycles. The summed E-state index contributed by atoms with van der Waals surface area (Å²) in [6.07, 6.45) is 3.75. The highest BCUT2D eigenvalue weighted by atomic mass is 35.5. The molecule has 50 heavy (non-hydrogen) atoms. The maximum absolute atomic E-state index is 14.0. The van der Waals surface area contributed by atoms with Crippen LogP contribution in [0.25, 0.3) is 11.1 Å². The summed E-state index contributed by atoms with van der Waals surface area (Å²) in [6, 6.07) is 31.0. The van der Waals surface area contributed by atoms with Crippen LogP contribution in [0.1, 0.15) is 38.2 Å². The van der Waals surface area contributed by atoms with Crippen molar-refractivity contribution >= 4 is 98.1 Å². The fourth-order valence-corrected chi connectivity index (χ4v) is 7.25. The first-order chi connectivity index (χ1) is 23.8. The van der Waals surface area contributed by atoms with E-state index in [0.717, 1.165) is 44.8 Å². The van der Waals surface area contributed by atoms with Gasteiger partial charge in [0.2, 0.25) is 0 Å². The van der Waals surface area contributed by atoms with Crippen LogP contribution in [0.3, 0.4) is 0 Å². The van der Waals surface area contributed by atoms with Crippen molar-refractivity contribution in [2.24, 2.45) is 0 Å². The van der Waals surface area contributed by atoms with Crippen molar-refractivity contribution in [2.45, 2.75) is 5.60 Å². The predicted molar refractivity (Wildman–Crippen MR) is 212 cm³/mol. The molecule has 6 rings (SSSR count). The number of fused-ring (bicyclic) bond motifs is 1. The maximum atomic E-state index is 14.0. The smallest absolute Gasteiger partial charge is 0.341 e. The molecule has 0 aliphatic carbocycles. The van der Waals surface area contributed by atoms with Gasteiger partial charge in [-0.1, -0.05) is 118 Å². The SMILES string of the molecule is CN(C)c1ccc(C(=CC2(C=C(c3ccc(Cl)cc3)c3ccc(N(C)C)cc3)OC(=O)c3c(Cl)c(Cl)c(Cl)c(Cl)c32)c2ccc(Cl)cc2)cc1. The Balaban J connectivity index is 1.74. The number of halogens is 6. The number of hydrogen-bond acceptors (Lipinski definition) is 4. The van der Waals surface area contributed by atoms with Crippen molar-refractivity contribution in [1.82, 2.24) is 0 Å². The van der Waals surface area contributed by atoms with Crippen molar-refractivity contribution in [3.05, 3.63) is 173 Å². The molecule has 5 aromatic carbocycles. The van der Waals surface area contributed by atoms with Crippen molar-refractivity contribution in [3.8, 4) is 0 Å². The Morgan fingerprint density at radius 1 is 0.520 bits per heavy atom. The fourth-order valence-electron chi connectivity index (χ4n) is 5.92. The summed E-state index contributed by atoms with van der Waals surface area (Å²) in [5.74, 6) is -0.699. The Bertz CT molecular complexity index is 2030. The third-order valence-electron chi connectivity index (χ3n) is 8.54. The Labute approximate surface area is 322 Å². The van der Waals surface area contributed by atoms with Crippen molar-refractivity contribution in [2.75, 3.05) is 38.0 Å². The van der Waals surface area contributed by atoms with Crippen LogP contribution in [-0.4, -0.2) is 34.2 Å². The summed E-state index contributed by atoms with van der Waals surface area (Å²) < 4.78 is 6.46. The number of esters is 1. The van der Waals surface area contributed by atoms with E-state index in [1.165, 1.54) is 0 Å². The number of anilines is 2. The molecule has 0 bridgehead atoms. The largest absolute Gasteiger partial charge is 0.442 e. The van der Waals surface area contributed by atoms with E-state index in [1.54, 1.807) is 0 Å². The maximum Gasteiger partial charge on any atom is 0.341 e. The van der Waals surface area contributed by atoms with Crippen molar-refractivity contribution < 1.29 is 9.53 Å². The number of ether oxygens (including phenoxy) is 1. The van der Waals surface area contributed by atoms with Crippen LogP contribution in [0.5, 0.6) is 0 Å². The Morgan fingerprint density at radius 3 is 1.22 bits per heavy atom. The van der Waals surface area contributed by atoms with Gasteiger partial charge in [-0.25, -0.2) is 4.79 Å². The Kier molecular flexibility index (Phi) is 10.5. The lowest BCUT2D eigenvalue weighted by atomic mass is 9.83. The third-order valence-corrected chi connectivity index (χ3v) is 10.8. The van der Waals surface area contributed by atoms with Crippen LogP contribution in [0, 0.1) is 0 Å². The minimum atomic E-state index is -1.63. The summed E-state index contributed by atoms with van der Waals surface area (Å²) >= 11 is 39.7. The van der Waals surface area contributed by atoms with Crippen LogP contribution in [0.2, 0.25) is 30.1 Å². The van der Waals surface area contributed by atoms with Gasteiger partial charge >= 0.3 is 5.97 Å². The van der Waals surface area contributed by atoms with Crippen LogP contribution < -0.4 is 9.80 Å². The van der Waals surface area contributed by atoms with E-state index in [-0.39, 0.29) is 31.2 Å². The normalized spacial score (nSPS) is 15.9. The van der Waals surface area contributed by atoms with Gasteiger partial charge in [0.15, 0.2) is 5.60 Å². The summed E-state index contributed by atoms with van der Waals surface area (Å²) in [5.41, 5.74) is 5.50. The Morgan fingerprint density at radius 2 is 0.860 bits per heavy atom. The van der Waals surface area contributed by atoms with Gasteiger partial charge < -0.3 is 14.5 Å². The zero-order valence-electron chi connectivity index (χ0n) is 27.4. The van der Waals surface area contributed by atoms with Crippen molar-refractivity contribution in [1.29, 1.82) is 0 Å². The van der Waals surface area contributed by atoms with Gasteiger partial charge in [0.1, 0.15) is 0 Å². The summed E-state index contributed by atoms with van der Waals surface area (Å²) in [6.45, 7) is 0. The molecule has 0 atom stereocenters. The topological polar surface area (TPSA) is 32.8 Å². The number of carbonyl (C=O) groups excluding carboxylic acids is 1. The molecule has 0 spiro atoms. The average Bonchev–Trinajstić information content (AvgIpc) is 3.40. The second-order valence-electron chi connectivity index (χ2n) is 12.2. The fraction of sp³-hybridized carbons (Fsp3) is 0.125. The van der Waals surface area contributed by atoms with Gasteiger partial charge in [-0.3, -0.25) is 0 Å². The van der Waals surface area contributed by atoms with E-state index in [1.807, 2.05) is 147 Å². The molecule has 0 radical (unpaired) electrons. The van der Waals surface area contributed by atoms with Gasteiger partial charge in [-0.15, -0.1) is 0 Å². The minimum absolute atomic E-state index is 0.00770. The lowest BCUT2D eigenvalue weighted by molar-refractivity contribution is 0.0300. The van der Waals surface area contributed by atoms with Crippen LogP contribution in [0.4, 0.5) is 11.4 Å². The van der Waals surface area contributed by atoms with Gasteiger partial charge in [-0.2, -0.15) is 0 Å². The molecule has 0 fully saturated rings. The molecule has 254 valence electrons. The van der Waals surface area contributed by atoms with Gasteiger partial charge in [0.05, 0.1) is 25.7 Å². The molecule has 0 saturated heterocycles. The minimum Gasteiger partial charge on any atom is -0.442 e. The monoisotopic (exact) mass is 780 g/mol.